The lowest BCUT2D eigenvalue weighted by Crippen LogP contribution is -2.55. The molecule has 2 amide bonds. The van der Waals surface area contributed by atoms with E-state index >= 15 is 0 Å². The molecule has 4 N–H and O–H groups in total. The van der Waals surface area contributed by atoms with E-state index in [0.29, 0.717) is 17.8 Å². The van der Waals surface area contributed by atoms with Crippen LogP contribution in [0.3, 0.4) is 0 Å². The van der Waals surface area contributed by atoms with Gasteiger partial charge in [-0.15, -0.1) is 0 Å². The number of hydrogen-bond donors (Lipinski definition) is 4. The van der Waals surface area contributed by atoms with Crippen LogP contribution in [0.15, 0.2) is 0 Å². The highest BCUT2D eigenvalue weighted by molar-refractivity contribution is 5.74. The molecule has 3 rings (SSSR count). The highest BCUT2D eigenvalue weighted by Gasteiger charge is 2.39. The molecule has 1 heterocycles. The number of carbonyl (C=O) groups is 1. The molecule has 3 aliphatic rings. The summed E-state index contributed by atoms with van der Waals surface area (Å²) in [4.78, 5) is 12.4. The Kier molecular flexibility index (Phi) is 6.17. The van der Waals surface area contributed by atoms with Gasteiger partial charge < -0.3 is 21.1 Å². The van der Waals surface area contributed by atoms with Crippen molar-refractivity contribution in [2.75, 3.05) is 19.6 Å². The average molecular weight is 323 g/mol. The second-order valence-corrected chi connectivity index (χ2v) is 7.86. The molecule has 0 radical (unpaired) electrons. The van der Waals surface area contributed by atoms with Crippen molar-refractivity contribution in [3.8, 4) is 0 Å². The van der Waals surface area contributed by atoms with Crippen LogP contribution in [0, 0.1) is 17.8 Å². The van der Waals surface area contributed by atoms with Gasteiger partial charge in [0.2, 0.25) is 0 Å². The fourth-order valence-electron chi connectivity index (χ4n) is 4.58. The average Bonchev–Trinajstić information content (AvgIpc) is 2.57. The van der Waals surface area contributed by atoms with Crippen molar-refractivity contribution in [2.45, 2.75) is 69.9 Å². The van der Waals surface area contributed by atoms with Gasteiger partial charge in [0, 0.05) is 12.6 Å². The lowest BCUT2D eigenvalue weighted by atomic mass is 9.71. The number of aliphatic hydroxyl groups is 1. The minimum atomic E-state index is -0.156. The van der Waals surface area contributed by atoms with Gasteiger partial charge in [-0.2, -0.15) is 0 Å². The van der Waals surface area contributed by atoms with E-state index in [1.165, 1.54) is 32.1 Å². The quantitative estimate of drug-likeness (QED) is 0.625. The Morgan fingerprint density at radius 2 is 1.74 bits per heavy atom. The van der Waals surface area contributed by atoms with Gasteiger partial charge in [-0.05, 0) is 69.4 Å². The topological polar surface area (TPSA) is 73.4 Å². The van der Waals surface area contributed by atoms with E-state index in [-0.39, 0.29) is 18.2 Å². The maximum absolute atomic E-state index is 12.4. The summed E-state index contributed by atoms with van der Waals surface area (Å²) in [7, 11) is 0. The SMILES string of the molecule is O=C(NCC1CCCCC1)N[C@@H](C1CCNCC1)C1CC(O)C1. The largest absolute Gasteiger partial charge is 0.393 e. The Morgan fingerprint density at radius 3 is 2.39 bits per heavy atom. The first-order valence-electron chi connectivity index (χ1n) is 9.65. The molecule has 23 heavy (non-hydrogen) atoms. The lowest BCUT2D eigenvalue weighted by Gasteiger charge is -2.43. The summed E-state index contributed by atoms with van der Waals surface area (Å²) < 4.78 is 0. The third-order valence-corrected chi connectivity index (χ3v) is 6.12. The fraction of sp³-hybridized carbons (Fsp3) is 0.944. The molecule has 1 aliphatic heterocycles. The van der Waals surface area contributed by atoms with E-state index < -0.39 is 0 Å². The van der Waals surface area contributed by atoms with E-state index in [1.807, 2.05) is 0 Å². The van der Waals surface area contributed by atoms with Gasteiger partial charge >= 0.3 is 6.03 Å². The first-order chi connectivity index (χ1) is 11.2. The first-order valence-corrected chi connectivity index (χ1v) is 9.65. The lowest BCUT2D eigenvalue weighted by molar-refractivity contribution is 0.0116. The third kappa shape index (κ3) is 4.83. The minimum Gasteiger partial charge on any atom is -0.393 e. The predicted octanol–water partition coefficient (Wildman–Crippen LogP) is 2.00. The Morgan fingerprint density at radius 1 is 1.04 bits per heavy atom. The van der Waals surface area contributed by atoms with E-state index in [0.717, 1.165) is 45.3 Å². The van der Waals surface area contributed by atoms with Gasteiger partial charge in [-0.3, -0.25) is 0 Å². The number of amides is 2. The summed E-state index contributed by atoms with van der Waals surface area (Å²) >= 11 is 0. The summed E-state index contributed by atoms with van der Waals surface area (Å²) in [6.07, 6.45) is 10.3. The standard InChI is InChI=1S/C18H33N3O2/c22-16-10-15(11-16)17(14-6-8-19-9-7-14)21-18(23)20-12-13-4-2-1-3-5-13/h13-17,19,22H,1-12H2,(H2,20,21,23)/t15?,16?,17-/m0/s1. The molecule has 5 heteroatoms. The molecule has 3 fully saturated rings. The van der Waals surface area contributed by atoms with Gasteiger partial charge in [-0.1, -0.05) is 19.3 Å². The van der Waals surface area contributed by atoms with Crippen LogP contribution in [0.25, 0.3) is 0 Å². The Labute approximate surface area is 140 Å². The van der Waals surface area contributed by atoms with Crippen molar-refractivity contribution in [1.82, 2.24) is 16.0 Å². The molecule has 132 valence electrons. The number of hydrogen-bond acceptors (Lipinski definition) is 3. The number of aliphatic hydroxyl groups excluding tert-OH is 1. The molecular formula is C18H33N3O2. The van der Waals surface area contributed by atoms with Crippen molar-refractivity contribution in [3.05, 3.63) is 0 Å². The number of nitrogens with one attached hydrogen (secondary N) is 3. The summed E-state index contributed by atoms with van der Waals surface area (Å²) in [5.41, 5.74) is 0. The van der Waals surface area contributed by atoms with Gasteiger partial charge in [0.15, 0.2) is 0 Å². The molecule has 0 bridgehead atoms. The zero-order valence-electron chi connectivity index (χ0n) is 14.2. The number of rotatable bonds is 5. The number of urea groups is 1. The summed E-state index contributed by atoms with van der Waals surface area (Å²) in [5, 5.41) is 19.4. The van der Waals surface area contributed by atoms with Crippen LogP contribution in [0.4, 0.5) is 4.79 Å². The molecule has 0 unspecified atom stereocenters. The Hall–Kier alpha value is -0.810. The van der Waals surface area contributed by atoms with Gasteiger partial charge in [-0.25, -0.2) is 4.79 Å². The van der Waals surface area contributed by atoms with Gasteiger partial charge in [0.25, 0.3) is 0 Å². The monoisotopic (exact) mass is 323 g/mol. The van der Waals surface area contributed by atoms with E-state index in [9.17, 15) is 9.90 Å². The number of piperidine rings is 1. The molecule has 5 nitrogen and oxygen atoms in total. The summed E-state index contributed by atoms with van der Waals surface area (Å²) in [6.45, 7) is 2.90. The van der Waals surface area contributed by atoms with Crippen molar-refractivity contribution >= 4 is 6.03 Å². The smallest absolute Gasteiger partial charge is 0.315 e. The van der Waals surface area contributed by atoms with E-state index in [2.05, 4.69) is 16.0 Å². The zero-order chi connectivity index (χ0) is 16.1. The van der Waals surface area contributed by atoms with Crippen LogP contribution < -0.4 is 16.0 Å². The normalized spacial score (nSPS) is 31.2. The summed E-state index contributed by atoms with van der Waals surface area (Å²) in [6, 6.07) is 0.229. The van der Waals surface area contributed by atoms with Crippen LogP contribution >= 0.6 is 0 Å². The van der Waals surface area contributed by atoms with Crippen LogP contribution in [-0.2, 0) is 0 Å². The van der Waals surface area contributed by atoms with Crippen molar-refractivity contribution in [3.63, 3.8) is 0 Å². The molecular weight excluding hydrogens is 290 g/mol. The van der Waals surface area contributed by atoms with Crippen molar-refractivity contribution in [2.24, 2.45) is 17.8 Å². The van der Waals surface area contributed by atoms with Gasteiger partial charge in [0.1, 0.15) is 0 Å². The third-order valence-electron chi connectivity index (χ3n) is 6.12. The molecule has 1 atom stereocenters. The minimum absolute atomic E-state index is 0.000459. The van der Waals surface area contributed by atoms with Crippen molar-refractivity contribution in [1.29, 1.82) is 0 Å². The highest BCUT2D eigenvalue weighted by atomic mass is 16.3. The van der Waals surface area contributed by atoms with Crippen LogP contribution in [0.1, 0.15) is 57.8 Å². The van der Waals surface area contributed by atoms with Crippen LogP contribution in [0.5, 0.6) is 0 Å². The molecule has 0 aromatic rings. The molecule has 0 aromatic carbocycles. The Balaban J connectivity index is 1.47. The van der Waals surface area contributed by atoms with Crippen LogP contribution in [-0.4, -0.2) is 42.9 Å². The molecule has 0 spiro atoms. The number of carbonyl (C=O) groups excluding carboxylic acids is 1. The molecule has 2 aliphatic carbocycles. The predicted molar refractivity (Wildman–Crippen MR) is 91.2 cm³/mol. The molecule has 2 saturated carbocycles. The molecule has 0 aromatic heterocycles. The van der Waals surface area contributed by atoms with Crippen LogP contribution in [0.2, 0.25) is 0 Å². The van der Waals surface area contributed by atoms with Crippen molar-refractivity contribution < 1.29 is 9.90 Å². The van der Waals surface area contributed by atoms with Gasteiger partial charge in [0.05, 0.1) is 6.10 Å². The molecule has 1 saturated heterocycles. The maximum Gasteiger partial charge on any atom is 0.315 e. The summed E-state index contributed by atoms with van der Waals surface area (Å²) in [5.74, 6) is 1.67. The fourth-order valence-corrected chi connectivity index (χ4v) is 4.58. The van der Waals surface area contributed by atoms with E-state index in [4.69, 9.17) is 0 Å². The first kappa shape index (κ1) is 17.0. The zero-order valence-corrected chi connectivity index (χ0v) is 14.2. The maximum atomic E-state index is 12.4. The van der Waals surface area contributed by atoms with E-state index in [1.54, 1.807) is 0 Å². The highest BCUT2D eigenvalue weighted by Crippen LogP contribution is 2.35. The second kappa shape index (κ2) is 8.34. The second-order valence-electron chi connectivity index (χ2n) is 7.86. The Bertz CT molecular complexity index is 372.